The number of carbonyl (C=O) groups is 1. The summed E-state index contributed by atoms with van der Waals surface area (Å²) in [5.41, 5.74) is 3.00. The van der Waals surface area contributed by atoms with Crippen molar-refractivity contribution in [1.82, 2.24) is 14.7 Å². The number of rotatable bonds is 5. The summed E-state index contributed by atoms with van der Waals surface area (Å²) in [6.07, 6.45) is 4.18. The van der Waals surface area contributed by atoms with Crippen LogP contribution in [0.15, 0.2) is 30.3 Å². The third-order valence-corrected chi connectivity index (χ3v) is 4.87. The van der Waals surface area contributed by atoms with E-state index in [1.54, 1.807) is 4.68 Å². The number of anilines is 1. The summed E-state index contributed by atoms with van der Waals surface area (Å²) in [6, 6.07) is 9.95. The lowest BCUT2D eigenvalue weighted by atomic mass is 10.2. The van der Waals surface area contributed by atoms with Crippen LogP contribution in [0.25, 0.3) is 5.69 Å². The van der Waals surface area contributed by atoms with Crippen molar-refractivity contribution < 1.29 is 9.53 Å². The zero-order valence-electron chi connectivity index (χ0n) is 16.6. The molecule has 1 aliphatic heterocycles. The van der Waals surface area contributed by atoms with E-state index in [9.17, 15) is 4.79 Å². The number of nitrogens with one attached hydrogen (secondary N) is 1. The van der Waals surface area contributed by atoms with E-state index in [2.05, 4.69) is 24.3 Å². The highest BCUT2D eigenvalue weighted by atomic mass is 16.5. The molecule has 1 N–H and O–H groups in total. The third-order valence-electron chi connectivity index (χ3n) is 4.87. The highest BCUT2D eigenvalue weighted by Crippen LogP contribution is 2.20. The van der Waals surface area contributed by atoms with E-state index in [1.165, 1.54) is 5.56 Å². The molecule has 6 heteroatoms. The van der Waals surface area contributed by atoms with Crippen molar-refractivity contribution in [1.29, 1.82) is 0 Å². The van der Waals surface area contributed by atoms with Crippen molar-refractivity contribution in [2.45, 2.75) is 52.6 Å². The average Bonchev–Trinajstić information content (AvgIpc) is 2.87. The first-order valence-electron chi connectivity index (χ1n) is 9.88. The van der Waals surface area contributed by atoms with Crippen molar-refractivity contribution in [2.75, 3.05) is 25.0 Å². The van der Waals surface area contributed by atoms with Gasteiger partial charge in [0.1, 0.15) is 5.82 Å². The SMILES string of the molecule is CCCO[C@@H]1CCCN(C(=O)Nc2cc(C)nn2-c2ccc(C)cc2)CC1. The number of likely N-dealkylation sites (tertiary alicyclic amines) is 1. The Morgan fingerprint density at radius 3 is 2.74 bits per heavy atom. The van der Waals surface area contributed by atoms with Crippen LogP contribution in [-0.2, 0) is 4.74 Å². The third kappa shape index (κ3) is 5.10. The van der Waals surface area contributed by atoms with Crippen molar-refractivity contribution in [3.63, 3.8) is 0 Å². The lowest BCUT2D eigenvalue weighted by Gasteiger charge is -2.21. The van der Waals surface area contributed by atoms with Crippen LogP contribution in [0.5, 0.6) is 0 Å². The van der Waals surface area contributed by atoms with Gasteiger partial charge < -0.3 is 9.64 Å². The number of hydrogen-bond donors (Lipinski definition) is 1. The van der Waals surface area contributed by atoms with Crippen LogP contribution in [0.2, 0.25) is 0 Å². The summed E-state index contributed by atoms with van der Waals surface area (Å²) >= 11 is 0. The number of ether oxygens (including phenoxy) is 1. The molecular weight excluding hydrogens is 340 g/mol. The minimum atomic E-state index is -0.0700. The smallest absolute Gasteiger partial charge is 0.323 e. The highest BCUT2D eigenvalue weighted by Gasteiger charge is 2.22. The van der Waals surface area contributed by atoms with Gasteiger partial charge >= 0.3 is 6.03 Å². The molecule has 3 rings (SSSR count). The Balaban J connectivity index is 1.67. The first kappa shape index (κ1) is 19.4. The van der Waals surface area contributed by atoms with Gasteiger partial charge in [0.25, 0.3) is 0 Å². The summed E-state index contributed by atoms with van der Waals surface area (Å²) in [6.45, 7) is 8.38. The maximum atomic E-state index is 12.8. The Labute approximate surface area is 161 Å². The van der Waals surface area contributed by atoms with Crippen LogP contribution in [0.4, 0.5) is 10.6 Å². The van der Waals surface area contributed by atoms with Crippen molar-refractivity contribution in [3.8, 4) is 5.69 Å². The van der Waals surface area contributed by atoms with Crippen molar-refractivity contribution >= 4 is 11.8 Å². The zero-order valence-corrected chi connectivity index (χ0v) is 16.6. The molecule has 0 radical (unpaired) electrons. The van der Waals surface area contributed by atoms with Crippen LogP contribution in [0.3, 0.4) is 0 Å². The topological polar surface area (TPSA) is 59.4 Å². The van der Waals surface area contributed by atoms with Gasteiger partial charge in [-0.25, -0.2) is 9.48 Å². The molecule has 146 valence electrons. The number of amides is 2. The van der Waals surface area contributed by atoms with Gasteiger partial charge in [-0.05, 0) is 51.7 Å². The number of benzene rings is 1. The molecule has 2 heterocycles. The largest absolute Gasteiger partial charge is 0.378 e. The van der Waals surface area contributed by atoms with Gasteiger partial charge in [-0.3, -0.25) is 5.32 Å². The second-order valence-electron chi connectivity index (χ2n) is 7.26. The van der Waals surface area contributed by atoms with Gasteiger partial charge in [-0.15, -0.1) is 0 Å². The van der Waals surface area contributed by atoms with Gasteiger partial charge in [-0.1, -0.05) is 24.6 Å². The van der Waals surface area contributed by atoms with Crippen LogP contribution in [0.1, 0.15) is 43.9 Å². The Kier molecular flexibility index (Phi) is 6.50. The standard InChI is InChI=1S/C21H30N4O2/c1-4-14-27-19-6-5-12-24(13-11-19)21(26)22-20-15-17(3)23-25(20)18-9-7-16(2)8-10-18/h7-10,15,19H,4-6,11-14H2,1-3H3,(H,22,26)/t19-/m1/s1. The predicted octanol–water partition coefficient (Wildman–Crippen LogP) is 4.30. The lowest BCUT2D eigenvalue weighted by Crippen LogP contribution is -2.36. The van der Waals surface area contributed by atoms with Crippen LogP contribution >= 0.6 is 0 Å². The first-order chi connectivity index (χ1) is 13.1. The predicted molar refractivity (Wildman–Crippen MR) is 108 cm³/mol. The van der Waals surface area contributed by atoms with Gasteiger partial charge in [0.2, 0.25) is 0 Å². The molecule has 1 saturated heterocycles. The Hall–Kier alpha value is -2.34. The molecule has 6 nitrogen and oxygen atoms in total. The molecule has 0 saturated carbocycles. The van der Waals surface area contributed by atoms with E-state index < -0.39 is 0 Å². The number of nitrogens with zero attached hydrogens (tertiary/aromatic N) is 3. The molecule has 0 bridgehead atoms. The molecule has 2 amide bonds. The number of aromatic nitrogens is 2. The fourth-order valence-corrected chi connectivity index (χ4v) is 3.38. The second-order valence-corrected chi connectivity index (χ2v) is 7.26. The Morgan fingerprint density at radius 2 is 2.00 bits per heavy atom. The molecule has 1 aromatic carbocycles. The molecule has 1 fully saturated rings. The number of urea groups is 1. The monoisotopic (exact) mass is 370 g/mol. The summed E-state index contributed by atoms with van der Waals surface area (Å²) < 4.78 is 7.67. The van der Waals surface area contributed by atoms with Crippen LogP contribution < -0.4 is 5.32 Å². The van der Waals surface area contributed by atoms with Gasteiger partial charge in [0.05, 0.1) is 17.5 Å². The normalized spacial score (nSPS) is 17.6. The molecule has 0 aliphatic carbocycles. The van der Waals surface area contributed by atoms with E-state index in [1.807, 2.05) is 42.2 Å². The first-order valence-corrected chi connectivity index (χ1v) is 9.88. The molecule has 27 heavy (non-hydrogen) atoms. The molecular formula is C21H30N4O2. The average molecular weight is 370 g/mol. The zero-order chi connectivity index (χ0) is 19.2. The van der Waals surface area contributed by atoms with E-state index in [4.69, 9.17) is 4.74 Å². The quantitative estimate of drug-likeness (QED) is 0.853. The van der Waals surface area contributed by atoms with Gasteiger partial charge in [-0.2, -0.15) is 5.10 Å². The second kappa shape index (κ2) is 9.04. The molecule has 0 unspecified atom stereocenters. The number of hydrogen-bond acceptors (Lipinski definition) is 3. The molecule has 0 spiro atoms. The number of aryl methyl sites for hydroxylation is 2. The highest BCUT2D eigenvalue weighted by molar-refractivity contribution is 5.88. The van der Waals surface area contributed by atoms with E-state index in [-0.39, 0.29) is 12.1 Å². The van der Waals surface area contributed by atoms with Crippen molar-refractivity contribution in [3.05, 3.63) is 41.6 Å². The maximum absolute atomic E-state index is 12.8. The van der Waals surface area contributed by atoms with E-state index in [0.717, 1.165) is 56.8 Å². The Bertz CT molecular complexity index is 754. The number of carbonyl (C=O) groups excluding carboxylic acids is 1. The summed E-state index contributed by atoms with van der Waals surface area (Å²) in [5, 5.41) is 7.58. The molecule has 1 aromatic heterocycles. The van der Waals surface area contributed by atoms with E-state index >= 15 is 0 Å². The maximum Gasteiger partial charge on any atom is 0.323 e. The minimum Gasteiger partial charge on any atom is -0.378 e. The molecule has 1 atom stereocenters. The fourth-order valence-electron chi connectivity index (χ4n) is 3.38. The minimum absolute atomic E-state index is 0.0700. The van der Waals surface area contributed by atoms with Crippen LogP contribution in [0, 0.1) is 13.8 Å². The summed E-state index contributed by atoms with van der Waals surface area (Å²) in [7, 11) is 0. The molecule has 2 aromatic rings. The summed E-state index contributed by atoms with van der Waals surface area (Å²) in [4.78, 5) is 14.7. The summed E-state index contributed by atoms with van der Waals surface area (Å²) in [5.74, 6) is 0.699. The fraction of sp³-hybridized carbons (Fsp3) is 0.524. The Morgan fingerprint density at radius 1 is 1.22 bits per heavy atom. The van der Waals surface area contributed by atoms with E-state index in [0.29, 0.717) is 5.82 Å². The lowest BCUT2D eigenvalue weighted by molar-refractivity contribution is 0.0446. The van der Waals surface area contributed by atoms with Crippen molar-refractivity contribution in [2.24, 2.45) is 0 Å². The van der Waals surface area contributed by atoms with Gasteiger partial charge in [0.15, 0.2) is 0 Å². The molecule has 1 aliphatic rings. The van der Waals surface area contributed by atoms with Gasteiger partial charge in [0, 0.05) is 25.8 Å². The van der Waals surface area contributed by atoms with Crippen LogP contribution in [-0.4, -0.2) is 46.5 Å².